The fraction of sp³-hybridized carbons (Fsp3) is 0.571. The third-order valence-electron chi connectivity index (χ3n) is 2.49. The molecule has 0 atom stereocenters. The van der Waals surface area contributed by atoms with Gasteiger partial charge in [-0.25, -0.2) is 0 Å². The van der Waals surface area contributed by atoms with Crippen molar-refractivity contribution in [1.29, 1.82) is 0 Å². The Morgan fingerprint density at radius 2 is 1.68 bits per heavy atom. The molecule has 0 fully saturated rings. The third kappa shape index (κ3) is 4.74. The molecule has 110 valence electrons. The van der Waals surface area contributed by atoms with E-state index in [2.05, 4.69) is 0 Å². The van der Waals surface area contributed by atoms with E-state index in [1.54, 1.807) is 13.0 Å². The number of ether oxygens (including phenoxy) is 2. The molecule has 0 saturated carbocycles. The van der Waals surface area contributed by atoms with Crippen LogP contribution in [0.15, 0.2) is 12.1 Å². The molecule has 0 radical (unpaired) electrons. The van der Waals surface area contributed by atoms with Crippen LogP contribution in [0.5, 0.6) is 5.75 Å². The van der Waals surface area contributed by atoms with E-state index in [0.29, 0.717) is 12.0 Å². The first-order chi connectivity index (χ1) is 8.93. The summed E-state index contributed by atoms with van der Waals surface area (Å²) in [6, 6.07) is 2.76. The van der Waals surface area contributed by atoms with Crippen molar-refractivity contribution < 1.29 is 22.6 Å². The number of hydrogen-bond acceptors (Lipinski definition) is 2. The van der Waals surface area contributed by atoms with Crippen LogP contribution in [0.25, 0.3) is 0 Å². The van der Waals surface area contributed by atoms with Gasteiger partial charge in [0.2, 0.25) is 0 Å². The van der Waals surface area contributed by atoms with E-state index < -0.39 is 11.7 Å². The lowest BCUT2D eigenvalue weighted by Crippen LogP contribution is -2.12. The summed E-state index contributed by atoms with van der Waals surface area (Å²) in [6.07, 6.45) is -3.88. The Bertz CT molecular complexity index is 387. The van der Waals surface area contributed by atoms with Gasteiger partial charge in [-0.1, -0.05) is 20.8 Å². The van der Waals surface area contributed by atoms with Gasteiger partial charge in [0.05, 0.1) is 19.3 Å². The van der Waals surface area contributed by atoms with Crippen LogP contribution >= 0.6 is 0 Å². The van der Waals surface area contributed by atoms with E-state index in [1.165, 1.54) is 14.2 Å². The van der Waals surface area contributed by atoms with Crippen molar-refractivity contribution in [3.8, 4) is 5.75 Å². The monoisotopic (exact) mass is 278 g/mol. The summed E-state index contributed by atoms with van der Waals surface area (Å²) in [5, 5.41) is 0. The van der Waals surface area contributed by atoms with Gasteiger partial charge < -0.3 is 9.47 Å². The standard InChI is InChI=1S/C12H15F3O2.C2H6/c1-4-8-5-10(12(13,14)15)9(7-16-2)11(6-8)17-3;1-2/h5-6H,4,7H2,1-3H3;1-2H3. The van der Waals surface area contributed by atoms with Gasteiger partial charge in [0.15, 0.2) is 0 Å². The predicted molar refractivity (Wildman–Crippen MR) is 69.4 cm³/mol. The van der Waals surface area contributed by atoms with E-state index in [-0.39, 0.29) is 17.9 Å². The summed E-state index contributed by atoms with van der Waals surface area (Å²) in [5.41, 5.74) is -0.0516. The van der Waals surface area contributed by atoms with Crippen molar-refractivity contribution in [2.75, 3.05) is 14.2 Å². The lowest BCUT2D eigenvalue weighted by atomic mass is 10.0. The normalized spacial score (nSPS) is 10.7. The minimum Gasteiger partial charge on any atom is -0.496 e. The first kappa shape index (κ1) is 17.8. The van der Waals surface area contributed by atoms with Gasteiger partial charge >= 0.3 is 6.18 Å². The molecule has 0 aliphatic rings. The smallest absolute Gasteiger partial charge is 0.416 e. The Labute approximate surface area is 112 Å². The van der Waals surface area contributed by atoms with E-state index in [1.807, 2.05) is 13.8 Å². The molecule has 2 nitrogen and oxygen atoms in total. The molecule has 5 heteroatoms. The molecule has 1 aromatic rings. The van der Waals surface area contributed by atoms with Crippen LogP contribution < -0.4 is 4.74 Å². The Balaban J connectivity index is 0.00000154. The molecule has 0 bridgehead atoms. The van der Waals surface area contributed by atoms with Crippen molar-refractivity contribution in [3.63, 3.8) is 0 Å². The Hall–Kier alpha value is -1.23. The largest absolute Gasteiger partial charge is 0.496 e. The zero-order valence-electron chi connectivity index (χ0n) is 12.0. The maximum absolute atomic E-state index is 12.9. The number of rotatable bonds is 4. The molecule has 1 aromatic carbocycles. The highest BCUT2D eigenvalue weighted by Crippen LogP contribution is 2.37. The van der Waals surface area contributed by atoms with Crippen molar-refractivity contribution >= 4 is 0 Å². The summed E-state index contributed by atoms with van der Waals surface area (Å²) in [4.78, 5) is 0. The fourth-order valence-corrected chi connectivity index (χ4v) is 1.63. The molecule has 1 rings (SSSR count). The van der Waals surface area contributed by atoms with E-state index >= 15 is 0 Å². The third-order valence-corrected chi connectivity index (χ3v) is 2.49. The number of alkyl halides is 3. The summed E-state index contributed by atoms with van der Waals surface area (Å²) in [6.45, 7) is 5.67. The van der Waals surface area contributed by atoms with Crippen LogP contribution in [0.4, 0.5) is 13.2 Å². The highest BCUT2D eigenvalue weighted by molar-refractivity contribution is 5.45. The van der Waals surface area contributed by atoms with Crippen LogP contribution in [-0.4, -0.2) is 14.2 Å². The average molecular weight is 278 g/mol. The Kier molecular flexibility index (Phi) is 7.52. The number of aryl methyl sites for hydroxylation is 1. The molecular weight excluding hydrogens is 257 g/mol. The van der Waals surface area contributed by atoms with Crippen molar-refractivity contribution in [2.24, 2.45) is 0 Å². The maximum Gasteiger partial charge on any atom is 0.416 e. The molecule has 0 spiro atoms. The van der Waals surface area contributed by atoms with Gasteiger partial charge in [0.1, 0.15) is 5.75 Å². The van der Waals surface area contributed by atoms with Crippen LogP contribution in [-0.2, 0) is 23.9 Å². The van der Waals surface area contributed by atoms with Gasteiger partial charge in [0, 0.05) is 12.7 Å². The minimum absolute atomic E-state index is 0.0414. The molecule has 0 aliphatic heterocycles. The molecule has 0 N–H and O–H groups in total. The zero-order valence-corrected chi connectivity index (χ0v) is 12.0. The van der Waals surface area contributed by atoms with E-state index in [0.717, 1.165) is 6.07 Å². The molecule has 0 aromatic heterocycles. The van der Waals surface area contributed by atoms with Crippen molar-refractivity contribution in [1.82, 2.24) is 0 Å². The molecule has 0 heterocycles. The van der Waals surface area contributed by atoms with E-state index in [9.17, 15) is 13.2 Å². The Morgan fingerprint density at radius 1 is 1.11 bits per heavy atom. The van der Waals surface area contributed by atoms with Gasteiger partial charge in [-0.3, -0.25) is 0 Å². The minimum atomic E-state index is -4.40. The van der Waals surface area contributed by atoms with Crippen LogP contribution in [0.1, 0.15) is 37.5 Å². The van der Waals surface area contributed by atoms with Crippen molar-refractivity contribution in [2.45, 2.75) is 40.0 Å². The summed E-state index contributed by atoms with van der Waals surface area (Å²) in [5.74, 6) is 0.221. The maximum atomic E-state index is 12.9. The van der Waals surface area contributed by atoms with Gasteiger partial charge in [-0.05, 0) is 24.1 Å². The van der Waals surface area contributed by atoms with Gasteiger partial charge in [-0.2, -0.15) is 13.2 Å². The van der Waals surface area contributed by atoms with Crippen molar-refractivity contribution in [3.05, 3.63) is 28.8 Å². The van der Waals surface area contributed by atoms with Gasteiger partial charge in [-0.15, -0.1) is 0 Å². The zero-order chi connectivity index (χ0) is 15.1. The second-order valence-corrected chi connectivity index (χ2v) is 3.61. The van der Waals surface area contributed by atoms with Gasteiger partial charge in [0.25, 0.3) is 0 Å². The molecule has 0 aliphatic carbocycles. The number of benzene rings is 1. The highest BCUT2D eigenvalue weighted by Gasteiger charge is 2.35. The summed E-state index contributed by atoms with van der Waals surface area (Å²) >= 11 is 0. The topological polar surface area (TPSA) is 18.5 Å². The summed E-state index contributed by atoms with van der Waals surface area (Å²) < 4.78 is 48.5. The molecule has 0 amide bonds. The number of methoxy groups -OCH3 is 2. The Morgan fingerprint density at radius 3 is 2.05 bits per heavy atom. The second kappa shape index (κ2) is 8.04. The number of halogens is 3. The fourth-order valence-electron chi connectivity index (χ4n) is 1.63. The van der Waals surface area contributed by atoms with E-state index in [4.69, 9.17) is 9.47 Å². The van der Waals surface area contributed by atoms with Crippen LogP contribution in [0.3, 0.4) is 0 Å². The molecular formula is C14H21F3O2. The number of hydrogen-bond donors (Lipinski definition) is 0. The second-order valence-electron chi connectivity index (χ2n) is 3.61. The molecule has 0 unspecified atom stereocenters. The lowest BCUT2D eigenvalue weighted by Gasteiger charge is -2.17. The highest BCUT2D eigenvalue weighted by atomic mass is 19.4. The average Bonchev–Trinajstić information content (AvgIpc) is 2.40. The van der Waals surface area contributed by atoms with Crippen LogP contribution in [0, 0.1) is 0 Å². The molecule has 19 heavy (non-hydrogen) atoms. The molecule has 0 saturated heterocycles. The summed E-state index contributed by atoms with van der Waals surface area (Å²) in [7, 11) is 2.71. The predicted octanol–water partition coefficient (Wildman–Crippen LogP) is 4.45. The SMILES string of the molecule is CC.CCc1cc(OC)c(COC)c(C(F)(F)F)c1. The lowest BCUT2D eigenvalue weighted by molar-refractivity contribution is -0.139. The first-order valence-electron chi connectivity index (χ1n) is 6.20. The van der Waals surface area contributed by atoms with Crippen LogP contribution in [0.2, 0.25) is 0 Å². The first-order valence-corrected chi connectivity index (χ1v) is 6.20. The quantitative estimate of drug-likeness (QED) is 0.810.